The van der Waals surface area contributed by atoms with Gasteiger partial charge in [0.15, 0.2) is 11.0 Å². The zero-order valence-corrected chi connectivity index (χ0v) is 9.63. The topological polar surface area (TPSA) is 50.9 Å². The van der Waals surface area contributed by atoms with Crippen molar-refractivity contribution in [1.82, 2.24) is 14.8 Å². The molecule has 0 radical (unpaired) electrons. The summed E-state index contributed by atoms with van der Waals surface area (Å²) in [6.07, 6.45) is 1.49. The highest BCUT2D eigenvalue weighted by molar-refractivity contribution is 7.99. The zero-order valence-electron chi connectivity index (χ0n) is 8.82. The number of hydrogen-bond donors (Lipinski definition) is 1. The maximum Gasteiger partial charge on any atom is 0.191 e. The molecule has 15 heavy (non-hydrogen) atoms. The minimum Gasteiger partial charge on any atom is -0.388 e. The fourth-order valence-electron chi connectivity index (χ4n) is 1.21. The van der Waals surface area contributed by atoms with Gasteiger partial charge in [-0.2, -0.15) is 0 Å². The number of thioether (sulfide) groups is 1. The Morgan fingerprint density at radius 1 is 1.47 bits per heavy atom. The Balaban J connectivity index is 2.64. The van der Waals surface area contributed by atoms with E-state index in [1.165, 1.54) is 11.8 Å². The second kappa shape index (κ2) is 6.79. The Bertz CT molecular complexity index is 293. The molecular weight excluding hydrogens is 217 g/mol. The van der Waals surface area contributed by atoms with Gasteiger partial charge in [0, 0.05) is 12.3 Å². The number of alkyl halides is 1. The van der Waals surface area contributed by atoms with Crippen LogP contribution in [0.4, 0.5) is 4.39 Å². The minimum absolute atomic E-state index is 0.101. The summed E-state index contributed by atoms with van der Waals surface area (Å²) in [5.74, 6) is 1.28. The fourth-order valence-corrected chi connectivity index (χ4v) is 2.10. The second-order valence-electron chi connectivity index (χ2n) is 3.10. The van der Waals surface area contributed by atoms with Crippen LogP contribution in [0.3, 0.4) is 0 Å². The van der Waals surface area contributed by atoms with Gasteiger partial charge in [0.1, 0.15) is 6.61 Å². The first-order valence-corrected chi connectivity index (χ1v) is 6.03. The average Bonchev–Trinajstić information content (AvgIpc) is 2.62. The third kappa shape index (κ3) is 3.46. The van der Waals surface area contributed by atoms with E-state index in [-0.39, 0.29) is 13.3 Å². The molecule has 0 aromatic carbocycles. The van der Waals surface area contributed by atoms with Crippen LogP contribution in [0, 0.1) is 0 Å². The molecule has 0 bridgehead atoms. The van der Waals surface area contributed by atoms with Crippen LogP contribution in [0.25, 0.3) is 0 Å². The van der Waals surface area contributed by atoms with Crippen LogP contribution < -0.4 is 0 Å². The van der Waals surface area contributed by atoms with Crippen molar-refractivity contribution >= 4 is 11.8 Å². The summed E-state index contributed by atoms with van der Waals surface area (Å²) < 4.78 is 13.8. The predicted octanol–water partition coefficient (Wildman–Crippen LogP) is 1.63. The zero-order chi connectivity index (χ0) is 11.1. The van der Waals surface area contributed by atoms with Crippen molar-refractivity contribution in [2.45, 2.75) is 38.1 Å². The molecule has 6 heteroatoms. The normalized spacial score (nSPS) is 10.9. The Morgan fingerprint density at radius 2 is 2.27 bits per heavy atom. The maximum atomic E-state index is 11.9. The van der Waals surface area contributed by atoms with Crippen molar-refractivity contribution in [2.24, 2.45) is 0 Å². The third-order valence-electron chi connectivity index (χ3n) is 1.89. The molecule has 1 rings (SSSR count). The van der Waals surface area contributed by atoms with Gasteiger partial charge >= 0.3 is 0 Å². The molecule has 86 valence electrons. The number of aromatic nitrogens is 3. The molecule has 0 spiro atoms. The van der Waals surface area contributed by atoms with Crippen molar-refractivity contribution in [3.63, 3.8) is 0 Å². The quantitative estimate of drug-likeness (QED) is 0.574. The molecule has 0 atom stereocenters. The van der Waals surface area contributed by atoms with Gasteiger partial charge in [-0.1, -0.05) is 18.7 Å². The van der Waals surface area contributed by atoms with Crippen LogP contribution in [0.2, 0.25) is 0 Å². The number of nitrogens with zero attached hydrogens (tertiary/aromatic N) is 3. The molecule has 1 heterocycles. The van der Waals surface area contributed by atoms with Crippen LogP contribution in [0.15, 0.2) is 5.16 Å². The fraction of sp³-hybridized carbons (Fsp3) is 0.778. The van der Waals surface area contributed by atoms with E-state index in [1.54, 1.807) is 0 Å². The summed E-state index contributed by atoms with van der Waals surface area (Å²) >= 11 is 1.49. The summed E-state index contributed by atoms with van der Waals surface area (Å²) in [4.78, 5) is 0. The lowest BCUT2D eigenvalue weighted by Gasteiger charge is -2.06. The van der Waals surface area contributed by atoms with E-state index in [0.29, 0.717) is 18.0 Å². The largest absolute Gasteiger partial charge is 0.388 e. The van der Waals surface area contributed by atoms with Gasteiger partial charge in [-0.15, -0.1) is 10.2 Å². The molecule has 0 saturated heterocycles. The molecular formula is C9H16FN3OS. The maximum absolute atomic E-state index is 11.9. The SMILES string of the molecule is CCCn1c(CO)nnc1SCCCF. The van der Waals surface area contributed by atoms with E-state index in [1.807, 2.05) is 4.57 Å². The predicted molar refractivity (Wildman–Crippen MR) is 57.6 cm³/mol. The Morgan fingerprint density at radius 3 is 2.87 bits per heavy atom. The van der Waals surface area contributed by atoms with Crippen LogP contribution in [0.1, 0.15) is 25.6 Å². The third-order valence-corrected chi connectivity index (χ3v) is 2.94. The van der Waals surface area contributed by atoms with Gasteiger partial charge in [-0.3, -0.25) is 4.39 Å². The van der Waals surface area contributed by atoms with Crippen molar-refractivity contribution in [1.29, 1.82) is 0 Å². The summed E-state index contributed by atoms with van der Waals surface area (Å²) in [6.45, 7) is 2.44. The van der Waals surface area contributed by atoms with E-state index >= 15 is 0 Å². The van der Waals surface area contributed by atoms with Crippen molar-refractivity contribution in [3.05, 3.63) is 5.82 Å². The first-order chi connectivity index (χ1) is 7.33. The van der Waals surface area contributed by atoms with E-state index < -0.39 is 0 Å². The van der Waals surface area contributed by atoms with E-state index in [0.717, 1.165) is 18.1 Å². The molecule has 1 N–H and O–H groups in total. The lowest BCUT2D eigenvalue weighted by atomic mass is 10.4. The highest BCUT2D eigenvalue weighted by atomic mass is 32.2. The van der Waals surface area contributed by atoms with Crippen LogP contribution >= 0.6 is 11.8 Å². The van der Waals surface area contributed by atoms with Crippen LogP contribution in [-0.4, -0.2) is 32.3 Å². The second-order valence-corrected chi connectivity index (χ2v) is 4.16. The summed E-state index contributed by atoms with van der Waals surface area (Å²) in [5.41, 5.74) is 0. The summed E-state index contributed by atoms with van der Waals surface area (Å²) in [7, 11) is 0. The number of aliphatic hydroxyl groups excluding tert-OH is 1. The number of halogens is 1. The summed E-state index contributed by atoms with van der Waals surface area (Å²) in [5, 5.41) is 17.7. The van der Waals surface area contributed by atoms with E-state index in [9.17, 15) is 4.39 Å². The Hall–Kier alpha value is -0.620. The lowest BCUT2D eigenvalue weighted by Crippen LogP contribution is -2.05. The van der Waals surface area contributed by atoms with Gasteiger partial charge in [0.25, 0.3) is 0 Å². The Labute approximate surface area is 92.9 Å². The van der Waals surface area contributed by atoms with Crippen molar-refractivity contribution < 1.29 is 9.50 Å². The monoisotopic (exact) mass is 233 g/mol. The van der Waals surface area contributed by atoms with Crippen LogP contribution in [-0.2, 0) is 13.2 Å². The molecule has 4 nitrogen and oxygen atoms in total. The first kappa shape index (κ1) is 12.4. The molecule has 0 fully saturated rings. The van der Waals surface area contributed by atoms with Gasteiger partial charge < -0.3 is 9.67 Å². The summed E-state index contributed by atoms with van der Waals surface area (Å²) in [6, 6.07) is 0. The molecule has 0 aliphatic rings. The number of hydrogen-bond acceptors (Lipinski definition) is 4. The van der Waals surface area contributed by atoms with E-state index in [4.69, 9.17) is 5.11 Å². The van der Waals surface area contributed by atoms with Gasteiger partial charge in [0.05, 0.1) is 6.67 Å². The van der Waals surface area contributed by atoms with Gasteiger partial charge in [0.2, 0.25) is 0 Å². The average molecular weight is 233 g/mol. The number of rotatable bonds is 7. The van der Waals surface area contributed by atoms with E-state index in [2.05, 4.69) is 17.1 Å². The molecule has 1 aromatic rings. The molecule has 0 aliphatic carbocycles. The lowest BCUT2D eigenvalue weighted by molar-refractivity contribution is 0.263. The van der Waals surface area contributed by atoms with Crippen molar-refractivity contribution in [2.75, 3.05) is 12.4 Å². The highest BCUT2D eigenvalue weighted by Gasteiger charge is 2.10. The van der Waals surface area contributed by atoms with Gasteiger partial charge in [-0.05, 0) is 12.8 Å². The smallest absolute Gasteiger partial charge is 0.191 e. The standard InChI is InChI=1S/C9H16FN3OS/c1-2-5-13-8(7-14)11-12-9(13)15-6-3-4-10/h14H,2-7H2,1H3. The molecule has 1 aromatic heterocycles. The molecule has 0 amide bonds. The van der Waals surface area contributed by atoms with Crippen molar-refractivity contribution in [3.8, 4) is 0 Å². The molecule has 0 unspecified atom stereocenters. The minimum atomic E-state index is -0.304. The first-order valence-electron chi connectivity index (χ1n) is 5.05. The highest BCUT2D eigenvalue weighted by Crippen LogP contribution is 2.18. The van der Waals surface area contributed by atoms with Crippen LogP contribution in [0.5, 0.6) is 0 Å². The van der Waals surface area contributed by atoms with Gasteiger partial charge in [-0.25, -0.2) is 0 Å². The molecule has 0 aliphatic heterocycles. The molecule has 0 saturated carbocycles. The number of aliphatic hydroxyl groups is 1. The Kier molecular flexibility index (Phi) is 5.63.